The van der Waals surface area contributed by atoms with Gasteiger partial charge in [-0.25, -0.2) is 4.99 Å². The van der Waals surface area contributed by atoms with E-state index in [2.05, 4.69) is 58.6 Å². The molecule has 3 heterocycles. The van der Waals surface area contributed by atoms with Gasteiger partial charge in [-0.2, -0.15) is 0 Å². The summed E-state index contributed by atoms with van der Waals surface area (Å²) in [6.07, 6.45) is 3.53. The maximum absolute atomic E-state index is 4.82. The first-order valence-corrected chi connectivity index (χ1v) is 11.5. The topological polar surface area (TPSA) is 70.4 Å². The number of likely N-dealkylation sites (N-methyl/N-ethyl adjacent to an activating group) is 1. The fraction of sp³-hybridized carbons (Fsp3) is 0.667. The van der Waals surface area contributed by atoms with E-state index in [0.29, 0.717) is 18.6 Å². The summed E-state index contributed by atoms with van der Waals surface area (Å²) < 4.78 is 1.99. The number of hydrogen-bond donors (Lipinski definition) is 2. The lowest BCUT2D eigenvalue weighted by atomic mass is 10.2. The number of nitrogens with zero attached hydrogens (tertiary/aromatic N) is 5. The van der Waals surface area contributed by atoms with Crippen molar-refractivity contribution in [2.45, 2.75) is 65.6 Å². The van der Waals surface area contributed by atoms with Crippen LogP contribution in [-0.4, -0.2) is 57.3 Å². The van der Waals surface area contributed by atoms with E-state index in [0.717, 1.165) is 37.1 Å². The third kappa shape index (κ3) is 6.02. The zero-order chi connectivity index (χ0) is 20.8. The third-order valence-electron chi connectivity index (χ3n) is 5.66. The van der Waals surface area contributed by atoms with Crippen LogP contribution in [0.5, 0.6) is 0 Å². The van der Waals surface area contributed by atoms with E-state index in [1.54, 1.807) is 0 Å². The molecule has 2 N–H and O–H groups in total. The Labute approximate surface area is 178 Å². The van der Waals surface area contributed by atoms with Crippen LogP contribution in [0, 0.1) is 13.8 Å². The molecule has 1 aliphatic rings. The maximum atomic E-state index is 4.82. The molecule has 2 aromatic heterocycles. The van der Waals surface area contributed by atoms with Crippen LogP contribution in [0.1, 0.15) is 48.1 Å². The summed E-state index contributed by atoms with van der Waals surface area (Å²) in [4.78, 5) is 10.1. The average molecular weight is 418 g/mol. The molecular formula is C21H35N7S. The number of aromatic nitrogens is 3. The normalized spacial score (nSPS) is 18.9. The first-order valence-electron chi connectivity index (χ1n) is 10.6. The Morgan fingerprint density at radius 2 is 2.17 bits per heavy atom. The molecule has 160 valence electrons. The molecule has 7 nitrogen and oxygen atoms in total. The van der Waals surface area contributed by atoms with Crippen LogP contribution >= 0.6 is 11.3 Å². The van der Waals surface area contributed by atoms with E-state index in [4.69, 9.17) is 4.99 Å². The Kier molecular flexibility index (Phi) is 7.66. The number of guanidine groups is 1. The number of aliphatic imine (C=N–C) groups is 1. The molecule has 2 aromatic rings. The molecule has 2 atom stereocenters. The van der Waals surface area contributed by atoms with Crippen molar-refractivity contribution in [1.82, 2.24) is 30.3 Å². The van der Waals surface area contributed by atoms with Crippen LogP contribution in [0.4, 0.5) is 0 Å². The zero-order valence-corrected chi connectivity index (χ0v) is 19.2. The van der Waals surface area contributed by atoms with Crippen LogP contribution in [-0.2, 0) is 20.0 Å². The number of hydrogen-bond acceptors (Lipinski definition) is 5. The van der Waals surface area contributed by atoms with Gasteiger partial charge in [0.2, 0.25) is 0 Å². The van der Waals surface area contributed by atoms with Gasteiger partial charge in [0.1, 0.15) is 12.4 Å². The highest BCUT2D eigenvalue weighted by atomic mass is 32.1. The van der Waals surface area contributed by atoms with Crippen molar-refractivity contribution >= 4 is 17.3 Å². The van der Waals surface area contributed by atoms with Gasteiger partial charge in [0.05, 0.1) is 0 Å². The van der Waals surface area contributed by atoms with Gasteiger partial charge >= 0.3 is 0 Å². The SMILES string of the molecule is CCN1CCCC1CNC(=NCc1nnc(C)n1C)NC(C)Cc1ccc(C)s1. The Morgan fingerprint density at radius 3 is 2.83 bits per heavy atom. The minimum atomic E-state index is 0.298. The highest BCUT2D eigenvalue weighted by Gasteiger charge is 2.23. The van der Waals surface area contributed by atoms with Crippen LogP contribution in [0.25, 0.3) is 0 Å². The number of thiophene rings is 1. The van der Waals surface area contributed by atoms with Gasteiger partial charge in [0.25, 0.3) is 0 Å². The first kappa shape index (κ1) is 21.8. The van der Waals surface area contributed by atoms with Crippen LogP contribution in [0.3, 0.4) is 0 Å². The molecule has 0 bridgehead atoms. The van der Waals surface area contributed by atoms with E-state index in [9.17, 15) is 0 Å². The molecule has 0 aromatic carbocycles. The van der Waals surface area contributed by atoms with Crippen molar-refractivity contribution in [3.63, 3.8) is 0 Å². The molecule has 0 spiro atoms. The predicted molar refractivity (Wildman–Crippen MR) is 121 cm³/mol. The largest absolute Gasteiger partial charge is 0.355 e. The molecule has 0 radical (unpaired) electrons. The van der Waals surface area contributed by atoms with Gasteiger partial charge in [-0.15, -0.1) is 21.5 Å². The summed E-state index contributed by atoms with van der Waals surface area (Å²) in [6, 6.07) is 5.30. The monoisotopic (exact) mass is 417 g/mol. The number of nitrogens with one attached hydrogen (secondary N) is 2. The van der Waals surface area contributed by atoms with Gasteiger partial charge in [0.15, 0.2) is 11.8 Å². The maximum Gasteiger partial charge on any atom is 0.191 e. The number of likely N-dealkylation sites (tertiary alicyclic amines) is 1. The lowest BCUT2D eigenvalue weighted by molar-refractivity contribution is 0.267. The second-order valence-corrected chi connectivity index (χ2v) is 9.33. The Bertz CT molecular complexity index is 810. The van der Waals surface area contributed by atoms with Crippen molar-refractivity contribution < 1.29 is 0 Å². The molecule has 1 saturated heterocycles. The quantitative estimate of drug-likeness (QED) is 0.510. The number of rotatable bonds is 8. The molecule has 29 heavy (non-hydrogen) atoms. The molecule has 0 amide bonds. The lowest BCUT2D eigenvalue weighted by Gasteiger charge is -2.25. The summed E-state index contributed by atoms with van der Waals surface area (Å²) in [6.45, 7) is 12.3. The second-order valence-electron chi connectivity index (χ2n) is 7.95. The predicted octanol–water partition coefficient (Wildman–Crippen LogP) is 2.64. The molecule has 2 unspecified atom stereocenters. The fourth-order valence-electron chi connectivity index (χ4n) is 3.83. The highest BCUT2D eigenvalue weighted by Crippen LogP contribution is 2.17. The minimum Gasteiger partial charge on any atom is -0.355 e. The van der Waals surface area contributed by atoms with Gasteiger partial charge in [-0.3, -0.25) is 4.90 Å². The first-order chi connectivity index (χ1) is 14.0. The van der Waals surface area contributed by atoms with Crippen molar-refractivity contribution in [1.29, 1.82) is 0 Å². The summed E-state index contributed by atoms with van der Waals surface area (Å²) in [7, 11) is 1.99. The van der Waals surface area contributed by atoms with Crippen molar-refractivity contribution in [3.05, 3.63) is 33.5 Å². The van der Waals surface area contributed by atoms with Crippen LogP contribution in [0.2, 0.25) is 0 Å². The van der Waals surface area contributed by atoms with Gasteiger partial charge in [-0.05, 0) is 58.8 Å². The number of aryl methyl sites for hydroxylation is 2. The van der Waals surface area contributed by atoms with Gasteiger partial charge in [-0.1, -0.05) is 6.92 Å². The van der Waals surface area contributed by atoms with E-state index in [-0.39, 0.29) is 0 Å². The third-order valence-corrected chi connectivity index (χ3v) is 6.68. The minimum absolute atomic E-state index is 0.298. The lowest BCUT2D eigenvalue weighted by Crippen LogP contribution is -2.47. The average Bonchev–Trinajstić information content (AvgIpc) is 3.40. The molecule has 0 aliphatic carbocycles. The Hall–Kier alpha value is -1.93. The van der Waals surface area contributed by atoms with E-state index < -0.39 is 0 Å². The molecule has 1 aliphatic heterocycles. The highest BCUT2D eigenvalue weighted by molar-refractivity contribution is 7.11. The summed E-state index contributed by atoms with van der Waals surface area (Å²) in [5.41, 5.74) is 0. The van der Waals surface area contributed by atoms with Crippen LogP contribution < -0.4 is 10.6 Å². The van der Waals surface area contributed by atoms with Gasteiger partial charge in [0, 0.05) is 41.9 Å². The van der Waals surface area contributed by atoms with Crippen LogP contribution in [0.15, 0.2) is 17.1 Å². The van der Waals surface area contributed by atoms with E-state index in [1.165, 1.54) is 29.1 Å². The summed E-state index contributed by atoms with van der Waals surface area (Å²) in [5.74, 6) is 2.64. The smallest absolute Gasteiger partial charge is 0.191 e. The van der Waals surface area contributed by atoms with Crippen molar-refractivity contribution in [3.8, 4) is 0 Å². The van der Waals surface area contributed by atoms with E-state index in [1.807, 2.05) is 29.9 Å². The fourth-order valence-corrected chi connectivity index (χ4v) is 4.85. The van der Waals surface area contributed by atoms with Gasteiger partial charge < -0.3 is 15.2 Å². The molecular weight excluding hydrogens is 382 g/mol. The Morgan fingerprint density at radius 1 is 1.34 bits per heavy atom. The van der Waals surface area contributed by atoms with Crippen molar-refractivity contribution in [2.24, 2.45) is 12.0 Å². The Balaban J connectivity index is 1.64. The van der Waals surface area contributed by atoms with Crippen molar-refractivity contribution in [2.75, 3.05) is 19.6 Å². The standard InChI is InChI=1S/C21H35N7S/c1-6-28-11-7-8-18(28)13-22-21(23-14-20-26-25-17(4)27(20)5)24-15(2)12-19-10-9-16(3)29-19/h9-10,15,18H,6-8,11-14H2,1-5H3,(H2,22,23,24). The zero-order valence-electron chi connectivity index (χ0n) is 18.4. The second kappa shape index (κ2) is 10.2. The molecule has 8 heteroatoms. The molecule has 0 saturated carbocycles. The summed E-state index contributed by atoms with van der Waals surface area (Å²) >= 11 is 1.87. The molecule has 1 fully saturated rings. The summed E-state index contributed by atoms with van der Waals surface area (Å²) in [5, 5.41) is 15.6. The van der Waals surface area contributed by atoms with E-state index >= 15 is 0 Å². The molecule has 3 rings (SSSR count).